The van der Waals surface area contributed by atoms with E-state index in [-0.39, 0.29) is 11.7 Å². The summed E-state index contributed by atoms with van der Waals surface area (Å²) in [5, 5.41) is 0.788. The van der Waals surface area contributed by atoms with Crippen LogP contribution in [0.4, 0.5) is 0 Å². The van der Waals surface area contributed by atoms with Gasteiger partial charge in [-0.1, -0.05) is 50.9 Å². The molecule has 1 unspecified atom stereocenters. The zero-order valence-electron chi connectivity index (χ0n) is 10.4. The van der Waals surface area contributed by atoms with E-state index in [9.17, 15) is 8.42 Å². The second-order valence-corrected chi connectivity index (χ2v) is 8.21. The lowest BCUT2D eigenvalue weighted by Gasteiger charge is -2.14. The smallest absolute Gasteiger partial charge is 0.150 e. The van der Waals surface area contributed by atoms with E-state index >= 15 is 0 Å². The summed E-state index contributed by atoms with van der Waals surface area (Å²) in [7, 11) is -2.88. The minimum atomic E-state index is -2.88. The molecule has 5 heteroatoms. The van der Waals surface area contributed by atoms with E-state index in [1.54, 1.807) is 0 Å². The molecule has 18 heavy (non-hydrogen) atoms. The Morgan fingerprint density at radius 3 is 2.28 bits per heavy atom. The van der Waals surface area contributed by atoms with Crippen LogP contribution in [0.1, 0.15) is 31.2 Å². The Morgan fingerprint density at radius 2 is 1.78 bits per heavy atom. The van der Waals surface area contributed by atoms with Crippen molar-refractivity contribution in [2.24, 2.45) is 0 Å². The highest BCUT2D eigenvalue weighted by Crippen LogP contribution is 2.24. The molecule has 0 aliphatic carbocycles. The van der Waals surface area contributed by atoms with E-state index in [2.05, 4.69) is 31.9 Å². The zero-order chi connectivity index (χ0) is 13.6. The van der Waals surface area contributed by atoms with Gasteiger partial charge < -0.3 is 0 Å². The van der Waals surface area contributed by atoms with Crippen LogP contribution in [0.25, 0.3) is 0 Å². The summed E-state index contributed by atoms with van der Waals surface area (Å²) in [4.78, 5) is 0. The Morgan fingerprint density at radius 1 is 1.17 bits per heavy atom. The summed E-state index contributed by atoms with van der Waals surface area (Å²) in [6.07, 6.45) is 1.37. The molecule has 0 saturated carbocycles. The van der Waals surface area contributed by atoms with Crippen LogP contribution in [0.5, 0.6) is 0 Å². The van der Waals surface area contributed by atoms with Crippen molar-refractivity contribution in [3.8, 4) is 0 Å². The van der Waals surface area contributed by atoms with E-state index in [4.69, 9.17) is 0 Å². The summed E-state index contributed by atoms with van der Waals surface area (Å²) in [5.74, 6) is 0.819. The lowest BCUT2D eigenvalue weighted by molar-refractivity contribution is 0.588. The van der Waals surface area contributed by atoms with E-state index in [1.807, 2.05) is 31.2 Å². The molecule has 1 aromatic carbocycles. The first kappa shape index (κ1) is 16.2. The highest BCUT2D eigenvalue weighted by atomic mass is 79.9. The Bertz CT molecular complexity index is 454. The molecule has 0 radical (unpaired) electrons. The third-order valence-electron chi connectivity index (χ3n) is 2.82. The number of alkyl halides is 1. The second-order valence-electron chi connectivity index (χ2n) is 4.34. The van der Waals surface area contributed by atoms with Crippen LogP contribution in [0.3, 0.4) is 0 Å². The van der Waals surface area contributed by atoms with Crippen molar-refractivity contribution in [3.05, 3.63) is 34.3 Å². The van der Waals surface area contributed by atoms with Gasteiger partial charge in [-0.2, -0.15) is 0 Å². The van der Waals surface area contributed by atoms with Crippen LogP contribution in [0.15, 0.2) is 28.7 Å². The maximum atomic E-state index is 11.7. The van der Waals surface area contributed by atoms with Crippen LogP contribution in [0.2, 0.25) is 0 Å². The van der Waals surface area contributed by atoms with E-state index in [1.165, 1.54) is 5.56 Å². The Labute approximate surface area is 126 Å². The molecule has 0 aliphatic rings. The standard InChI is InChI=1S/C13H18Br2O2S/c1-2-8-18(16,17)9-7-12(10-14)11-3-5-13(15)6-4-11/h3-6,12H,2,7-10H2,1H3. The minimum Gasteiger partial charge on any atom is -0.229 e. The molecule has 0 N–H and O–H groups in total. The molecule has 2 nitrogen and oxygen atoms in total. The van der Waals surface area contributed by atoms with Crippen LogP contribution in [-0.4, -0.2) is 25.3 Å². The van der Waals surface area contributed by atoms with Gasteiger partial charge in [0.25, 0.3) is 0 Å². The van der Waals surface area contributed by atoms with Crippen molar-refractivity contribution in [1.29, 1.82) is 0 Å². The topological polar surface area (TPSA) is 34.1 Å². The van der Waals surface area contributed by atoms with Crippen molar-refractivity contribution >= 4 is 41.7 Å². The van der Waals surface area contributed by atoms with Crippen LogP contribution >= 0.6 is 31.9 Å². The predicted octanol–water partition coefficient (Wildman–Crippen LogP) is 4.14. The van der Waals surface area contributed by atoms with Crippen molar-refractivity contribution in [3.63, 3.8) is 0 Å². The summed E-state index contributed by atoms with van der Waals surface area (Å²) in [6, 6.07) is 8.07. The van der Waals surface area contributed by atoms with Gasteiger partial charge >= 0.3 is 0 Å². The molecule has 0 heterocycles. The van der Waals surface area contributed by atoms with Gasteiger partial charge in [-0.25, -0.2) is 8.42 Å². The molecular formula is C13H18Br2O2S. The van der Waals surface area contributed by atoms with Gasteiger partial charge in [0.1, 0.15) is 9.84 Å². The maximum absolute atomic E-state index is 11.7. The SMILES string of the molecule is CCCS(=O)(=O)CCC(CBr)c1ccc(Br)cc1. The van der Waals surface area contributed by atoms with Gasteiger partial charge in [-0.3, -0.25) is 0 Å². The average molecular weight is 398 g/mol. The van der Waals surface area contributed by atoms with Crippen molar-refractivity contribution in [2.75, 3.05) is 16.8 Å². The molecule has 0 aliphatic heterocycles. The molecule has 1 rings (SSSR count). The Hall–Kier alpha value is 0.130. The van der Waals surface area contributed by atoms with E-state index in [0.717, 1.165) is 9.80 Å². The first-order valence-electron chi connectivity index (χ1n) is 6.00. The Kier molecular flexibility index (Phi) is 6.88. The van der Waals surface area contributed by atoms with E-state index < -0.39 is 9.84 Å². The molecule has 0 fully saturated rings. The van der Waals surface area contributed by atoms with Gasteiger partial charge in [0.15, 0.2) is 0 Å². The number of rotatable bonds is 7. The fraction of sp³-hybridized carbons (Fsp3) is 0.538. The van der Waals surface area contributed by atoms with Crippen LogP contribution in [-0.2, 0) is 9.84 Å². The summed E-state index contributed by atoms with van der Waals surface area (Å²) in [5.41, 5.74) is 1.18. The third-order valence-corrected chi connectivity index (χ3v) is 6.02. The van der Waals surface area contributed by atoms with Gasteiger partial charge in [0.2, 0.25) is 0 Å². The molecular weight excluding hydrogens is 380 g/mol. The molecule has 0 aromatic heterocycles. The predicted molar refractivity (Wildman–Crippen MR) is 84.2 cm³/mol. The number of hydrogen-bond donors (Lipinski definition) is 0. The quantitative estimate of drug-likeness (QED) is 0.647. The van der Waals surface area contributed by atoms with Crippen LogP contribution in [0, 0.1) is 0 Å². The molecule has 102 valence electrons. The fourth-order valence-electron chi connectivity index (χ4n) is 1.80. The number of sulfone groups is 1. The third kappa shape index (κ3) is 5.41. The number of benzene rings is 1. The van der Waals surface area contributed by atoms with Crippen molar-refractivity contribution in [1.82, 2.24) is 0 Å². The lowest BCUT2D eigenvalue weighted by Crippen LogP contribution is -2.14. The molecule has 0 bridgehead atoms. The first-order chi connectivity index (χ1) is 8.48. The first-order valence-corrected chi connectivity index (χ1v) is 9.74. The molecule has 1 aromatic rings. The molecule has 0 amide bonds. The average Bonchev–Trinajstić information content (AvgIpc) is 2.32. The zero-order valence-corrected chi connectivity index (χ0v) is 14.4. The minimum absolute atomic E-state index is 0.254. The monoisotopic (exact) mass is 396 g/mol. The van der Waals surface area contributed by atoms with Crippen LogP contribution < -0.4 is 0 Å². The second kappa shape index (κ2) is 7.65. The lowest BCUT2D eigenvalue weighted by atomic mass is 9.99. The summed E-state index contributed by atoms with van der Waals surface area (Å²) >= 11 is 6.87. The maximum Gasteiger partial charge on any atom is 0.150 e. The molecule has 1 atom stereocenters. The van der Waals surface area contributed by atoms with Gasteiger partial charge in [-0.05, 0) is 36.5 Å². The fourth-order valence-corrected chi connectivity index (χ4v) is 4.23. The number of hydrogen-bond acceptors (Lipinski definition) is 2. The van der Waals surface area contributed by atoms with Gasteiger partial charge in [0, 0.05) is 15.6 Å². The molecule has 0 saturated heterocycles. The van der Waals surface area contributed by atoms with Gasteiger partial charge in [-0.15, -0.1) is 0 Å². The normalized spacial score (nSPS) is 13.5. The van der Waals surface area contributed by atoms with Gasteiger partial charge in [0.05, 0.1) is 5.75 Å². The number of halogens is 2. The van der Waals surface area contributed by atoms with Crippen molar-refractivity contribution < 1.29 is 8.42 Å². The summed E-state index contributed by atoms with van der Waals surface area (Å²) < 4.78 is 24.5. The van der Waals surface area contributed by atoms with Crippen molar-refractivity contribution in [2.45, 2.75) is 25.7 Å². The summed E-state index contributed by atoms with van der Waals surface area (Å²) in [6.45, 7) is 1.90. The van der Waals surface area contributed by atoms with E-state index in [0.29, 0.717) is 18.6 Å². The highest BCUT2D eigenvalue weighted by molar-refractivity contribution is 9.10. The Balaban J connectivity index is 2.65. The largest absolute Gasteiger partial charge is 0.229 e. The highest BCUT2D eigenvalue weighted by Gasteiger charge is 2.15. The molecule has 0 spiro atoms.